The summed E-state index contributed by atoms with van der Waals surface area (Å²) in [6.07, 6.45) is 2.14. The molecule has 0 amide bonds. The highest BCUT2D eigenvalue weighted by Gasteiger charge is 2.46. The molecule has 1 heterocycles. The van der Waals surface area contributed by atoms with E-state index in [4.69, 9.17) is 16.3 Å². The van der Waals surface area contributed by atoms with Gasteiger partial charge in [0, 0.05) is 17.2 Å². The SMILES string of the molecule is CC[C@](O)(c1cc(C(C)(C)O)c(OC)c(-c2cc(Cl)c(F)cc2F)n1)C1CC1. The van der Waals surface area contributed by atoms with Gasteiger partial charge in [-0.25, -0.2) is 13.8 Å². The van der Waals surface area contributed by atoms with E-state index >= 15 is 0 Å². The predicted octanol–water partition coefficient (Wildman–Crippen LogP) is 4.92. The van der Waals surface area contributed by atoms with Gasteiger partial charge in [0.15, 0.2) is 5.75 Å². The maximum atomic E-state index is 14.6. The standard InChI is InChI=1S/C21H24ClF2NO3/c1-5-21(27,11-6-7-11)17-9-13(20(2,3)26)19(28-4)18(25-17)12-8-14(22)16(24)10-15(12)23/h8-11,26-27H,5-7H2,1-4H3/t21-/m1/s1. The van der Waals surface area contributed by atoms with Crippen molar-refractivity contribution in [3.63, 3.8) is 0 Å². The number of hydrogen-bond acceptors (Lipinski definition) is 4. The van der Waals surface area contributed by atoms with Gasteiger partial charge in [0.2, 0.25) is 0 Å². The van der Waals surface area contributed by atoms with Gasteiger partial charge in [-0.05, 0) is 51.2 Å². The zero-order valence-electron chi connectivity index (χ0n) is 16.3. The Bertz CT molecular complexity index is 909. The normalized spacial score (nSPS) is 16.8. The predicted molar refractivity (Wildman–Crippen MR) is 103 cm³/mol. The van der Waals surface area contributed by atoms with Crippen LogP contribution >= 0.6 is 11.6 Å². The van der Waals surface area contributed by atoms with Crippen LogP contribution in [0.2, 0.25) is 5.02 Å². The van der Waals surface area contributed by atoms with Crippen molar-refractivity contribution in [1.82, 2.24) is 4.98 Å². The minimum atomic E-state index is -1.35. The van der Waals surface area contributed by atoms with Gasteiger partial charge in [-0.15, -0.1) is 0 Å². The molecule has 152 valence electrons. The molecule has 0 unspecified atom stereocenters. The number of rotatable bonds is 6. The molecule has 1 aromatic carbocycles. The van der Waals surface area contributed by atoms with Crippen LogP contribution in [0.5, 0.6) is 5.75 Å². The quantitative estimate of drug-likeness (QED) is 0.662. The fourth-order valence-electron chi connectivity index (χ4n) is 3.54. The van der Waals surface area contributed by atoms with E-state index in [1.165, 1.54) is 7.11 Å². The van der Waals surface area contributed by atoms with Crippen molar-refractivity contribution in [2.24, 2.45) is 5.92 Å². The molecule has 3 rings (SSSR count). The lowest BCUT2D eigenvalue weighted by atomic mass is 9.86. The summed E-state index contributed by atoms with van der Waals surface area (Å²) < 4.78 is 33.7. The number of methoxy groups -OCH3 is 1. The fraction of sp³-hybridized carbons (Fsp3) is 0.476. The van der Waals surface area contributed by atoms with Crippen LogP contribution in [-0.2, 0) is 11.2 Å². The summed E-state index contributed by atoms with van der Waals surface area (Å²) >= 11 is 5.87. The minimum Gasteiger partial charge on any atom is -0.494 e. The number of ether oxygens (including phenoxy) is 1. The zero-order valence-corrected chi connectivity index (χ0v) is 17.1. The second-order valence-corrected chi connectivity index (χ2v) is 8.20. The summed E-state index contributed by atoms with van der Waals surface area (Å²) in [5.41, 5.74) is -1.89. The van der Waals surface area contributed by atoms with E-state index in [9.17, 15) is 19.0 Å². The fourth-order valence-corrected chi connectivity index (χ4v) is 3.71. The summed E-state index contributed by atoms with van der Waals surface area (Å²) in [5, 5.41) is 21.7. The second-order valence-electron chi connectivity index (χ2n) is 7.79. The lowest BCUT2D eigenvalue weighted by molar-refractivity contribution is 0.00394. The molecule has 1 saturated carbocycles. The molecular weight excluding hydrogens is 388 g/mol. The third-order valence-corrected chi connectivity index (χ3v) is 5.63. The largest absolute Gasteiger partial charge is 0.494 e. The van der Waals surface area contributed by atoms with E-state index in [0.717, 1.165) is 18.9 Å². The first-order valence-corrected chi connectivity index (χ1v) is 9.60. The first-order chi connectivity index (χ1) is 13.0. The highest BCUT2D eigenvalue weighted by molar-refractivity contribution is 6.31. The summed E-state index contributed by atoms with van der Waals surface area (Å²) in [4.78, 5) is 4.52. The summed E-state index contributed by atoms with van der Waals surface area (Å²) in [6.45, 7) is 4.98. The molecule has 2 N–H and O–H groups in total. The van der Waals surface area contributed by atoms with E-state index in [1.54, 1.807) is 19.9 Å². The number of nitrogens with zero attached hydrogens (tertiary/aromatic N) is 1. The van der Waals surface area contributed by atoms with Crippen LogP contribution in [-0.4, -0.2) is 22.3 Å². The minimum absolute atomic E-state index is 0.0440. The Morgan fingerprint density at radius 1 is 1.18 bits per heavy atom. The van der Waals surface area contributed by atoms with Gasteiger partial charge >= 0.3 is 0 Å². The number of aromatic nitrogens is 1. The molecule has 0 bridgehead atoms. The molecule has 1 fully saturated rings. The van der Waals surface area contributed by atoms with Crippen LogP contribution in [0, 0.1) is 17.6 Å². The van der Waals surface area contributed by atoms with E-state index in [-0.39, 0.29) is 27.9 Å². The Morgan fingerprint density at radius 2 is 1.82 bits per heavy atom. The average molecular weight is 412 g/mol. The number of aliphatic hydroxyl groups is 2. The Labute approximate surface area is 168 Å². The van der Waals surface area contributed by atoms with E-state index in [1.807, 2.05) is 6.92 Å². The van der Waals surface area contributed by atoms with Crippen molar-refractivity contribution >= 4 is 11.6 Å². The molecule has 28 heavy (non-hydrogen) atoms. The van der Waals surface area contributed by atoms with Gasteiger partial charge in [0.05, 0.1) is 23.4 Å². The Hall–Kier alpha value is -1.76. The third-order valence-electron chi connectivity index (χ3n) is 5.34. The average Bonchev–Trinajstić information content (AvgIpc) is 3.47. The maximum absolute atomic E-state index is 14.6. The van der Waals surface area contributed by atoms with Gasteiger partial charge in [0.1, 0.15) is 22.9 Å². The first kappa shape index (κ1) is 21.0. The number of benzene rings is 1. The molecule has 1 atom stereocenters. The monoisotopic (exact) mass is 411 g/mol. The molecule has 1 aliphatic rings. The van der Waals surface area contributed by atoms with Gasteiger partial charge in [-0.3, -0.25) is 0 Å². The van der Waals surface area contributed by atoms with Crippen molar-refractivity contribution < 1.29 is 23.7 Å². The molecule has 2 aromatic rings. The number of pyridine rings is 1. The maximum Gasteiger partial charge on any atom is 0.151 e. The molecule has 4 nitrogen and oxygen atoms in total. The smallest absolute Gasteiger partial charge is 0.151 e. The van der Waals surface area contributed by atoms with Gasteiger partial charge in [-0.1, -0.05) is 18.5 Å². The summed E-state index contributed by atoms with van der Waals surface area (Å²) in [5.74, 6) is -1.56. The molecule has 0 saturated heterocycles. The summed E-state index contributed by atoms with van der Waals surface area (Å²) in [6, 6.07) is 3.42. The zero-order chi connectivity index (χ0) is 20.9. The van der Waals surface area contributed by atoms with Crippen molar-refractivity contribution in [3.05, 3.63) is 46.1 Å². The lowest BCUT2D eigenvalue weighted by Gasteiger charge is -2.30. The Kier molecular flexibility index (Phi) is 5.42. The number of hydrogen-bond donors (Lipinski definition) is 2. The van der Waals surface area contributed by atoms with Crippen LogP contribution in [0.3, 0.4) is 0 Å². The first-order valence-electron chi connectivity index (χ1n) is 9.22. The van der Waals surface area contributed by atoms with Gasteiger partial charge in [0.25, 0.3) is 0 Å². The Balaban J connectivity index is 2.35. The van der Waals surface area contributed by atoms with Crippen LogP contribution in [0.15, 0.2) is 18.2 Å². The molecular formula is C21H24ClF2NO3. The lowest BCUT2D eigenvalue weighted by Crippen LogP contribution is -2.30. The third kappa shape index (κ3) is 3.61. The van der Waals surface area contributed by atoms with E-state index in [2.05, 4.69) is 4.98 Å². The topological polar surface area (TPSA) is 62.6 Å². The van der Waals surface area contributed by atoms with Crippen LogP contribution in [0.25, 0.3) is 11.3 Å². The molecule has 1 aromatic heterocycles. The van der Waals surface area contributed by atoms with Crippen LogP contribution < -0.4 is 4.74 Å². The van der Waals surface area contributed by atoms with Crippen LogP contribution in [0.1, 0.15) is 51.3 Å². The van der Waals surface area contributed by atoms with Crippen molar-refractivity contribution in [1.29, 1.82) is 0 Å². The highest BCUT2D eigenvalue weighted by Crippen LogP contribution is 2.49. The van der Waals surface area contributed by atoms with Crippen LogP contribution in [0.4, 0.5) is 8.78 Å². The van der Waals surface area contributed by atoms with Crippen molar-refractivity contribution in [2.45, 2.75) is 51.2 Å². The van der Waals surface area contributed by atoms with E-state index < -0.39 is 22.8 Å². The van der Waals surface area contributed by atoms with Crippen molar-refractivity contribution in [2.75, 3.05) is 7.11 Å². The Morgan fingerprint density at radius 3 is 2.32 bits per heavy atom. The number of halogens is 3. The molecule has 0 radical (unpaired) electrons. The molecule has 1 aliphatic carbocycles. The summed E-state index contributed by atoms with van der Waals surface area (Å²) in [7, 11) is 1.38. The van der Waals surface area contributed by atoms with Gasteiger partial charge in [-0.2, -0.15) is 0 Å². The highest BCUT2D eigenvalue weighted by atomic mass is 35.5. The second kappa shape index (κ2) is 7.25. The van der Waals surface area contributed by atoms with Crippen molar-refractivity contribution in [3.8, 4) is 17.0 Å². The van der Waals surface area contributed by atoms with Gasteiger partial charge < -0.3 is 14.9 Å². The molecule has 7 heteroatoms. The van der Waals surface area contributed by atoms with E-state index in [0.29, 0.717) is 23.7 Å². The molecule has 0 spiro atoms. The molecule has 0 aliphatic heterocycles.